The van der Waals surface area contributed by atoms with Crippen LogP contribution in [0.2, 0.25) is 0 Å². The summed E-state index contributed by atoms with van der Waals surface area (Å²) < 4.78 is 5.75. The Balaban J connectivity index is 1.31. The maximum Gasteiger partial charge on any atom is 0.220 e. The van der Waals surface area contributed by atoms with Crippen LogP contribution in [0.5, 0.6) is 0 Å². The van der Waals surface area contributed by atoms with Crippen LogP contribution in [0.15, 0.2) is 40.9 Å². The maximum absolute atomic E-state index is 12.3. The molecule has 2 N–H and O–H groups in total. The van der Waals surface area contributed by atoms with E-state index >= 15 is 0 Å². The van der Waals surface area contributed by atoms with E-state index in [9.17, 15) is 9.90 Å². The van der Waals surface area contributed by atoms with E-state index < -0.39 is 0 Å². The van der Waals surface area contributed by atoms with Gasteiger partial charge >= 0.3 is 0 Å². The normalized spacial score (nSPS) is 27.6. The number of fused-ring (bicyclic) bond motifs is 2. The standard InChI is InChI=1S/C20H24N2O3/c23-12-16-14-6-7-15(10-14)20(16)22-18(24)8-9-19-21-11-17(25-19)13-4-2-1-3-5-13/h1-5,11,14-16,20,23H,6-10,12H2,(H,22,24). The summed E-state index contributed by atoms with van der Waals surface area (Å²) >= 11 is 0. The van der Waals surface area contributed by atoms with Crippen molar-refractivity contribution < 1.29 is 14.3 Å². The van der Waals surface area contributed by atoms with Gasteiger partial charge in [-0.2, -0.15) is 0 Å². The number of nitrogens with one attached hydrogen (secondary N) is 1. The molecule has 0 aliphatic heterocycles. The van der Waals surface area contributed by atoms with Crippen LogP contribution < -0.4 is 5.32 Å². The van der Waals surface area contributed by atoms with Gasteiger partial charge in [0.05, 0.1) is 6.20 Å². The van der Waals surface area contributed by atoms with Gasteiger partial charge in [0.15, 0.2) is 11.7 Å². The largest absolute Gasteiger partial charge is 0.441 e. The molecule has 132 valence electrons. The van der Waals surface area contributed by atoms with Crippen molar-refractivity contribution in [2.45, 2.75) is 38.1 Å². The van der Waals surface area contributed by atoms with Gasteiger partial charge in [0.25, 0.3) is 0 Å². The van der Waals surface area contributed by atoms with Gasteiger partial charge in [-0.05, 0) is 31.1 Å². The summed E-state index contributed by atoms with van der Waals surface area (Å²) in [5.74, 6) is 2.69. The predicted octanol–water partition coefficient (Wildman–Crippen LogP) is 2.80. The second-order valence-electron chi connectivity index (χ2n) is 7.26. The molecule has 0 spiro atoms. The van der Waals surface area contributed by atoms with Gasteiger partial charge in [0, 0.05) is 37.0 Å². The van der Waals surface area contributed by atoms with Crippen molar-refractivity contribution in [1.82, 2.24) is 10.3 Å². The van der Waals surface area contributed by atoms with Crippen LogP contribution in [0.1, 0.15) is 31.6 Å². The molecule has 25 heavy (non-hydrogen) atoms. The fourth-order valence-corrected chi connectivity index (χ4v) is 4.54. The zero-order valence-electron chi connectivity index (χ0n) is 14.2. The average molecular weight is 340 g/mol. The van der Waals surface area contributed by atoms with Crippen molar-refractivity contribution in [2.24, 2.45) is 17.8 Å². The summed E-state index contributed by atoms with van der Waals surface area (Å²) in [6.45, 7) is 0.173. The van der Waals surface area contributed by atoms with E-state index in [4.69, 9.17) is 4.42 Å². The molecule has 2 bridgehead atoms. The molecule has 2 aliphatic rings. The summed E-state index contributed by atoms with van der Waals surface area (Å²) in [5.41, 5.74) is 0.985. The highest BCUT2D eigenvalue weighted by Gasteiger charge is 2.47. The van der Waals surface area contributed by atoms with E-state index in [1.807, 2.05) is 30.3 Å². The number of aliphatic hydroxyl groups is 1. The summed E-state index contributed by atoms with van der Waals surface area (Å²) in [6, 6.07) is 9.96. The molecule has 4 atom stereocenters. The van der Waals surface area contributed by atoms with Crippen molar-refractivity contribution in [3.8, 4) is 11.3 Å². The number of aryl methyl sites for hydroxylation is 1. The lowest BCUT2D eigenvalue weighted by Crippen LogP contribution is -2.45. The third-order valence-electron chi connectivity index (χ3n) is 5.80. The minimum absolute atomic E-state index is 0.0236. The Bertz CT molecular complexity index is 728. The molecule has 2 saturated carbocycles. The Morgan fingerprint density at radius 1 is 1.24 bits per heavy atom. The number of hydrogen-bond acceptors (Lipinski definition) is 4. The predicted molar refractivity (Wildman–Crippen MR) is 93.6 cm³/mol. The number of nitrogens with zero attached hydrogens (tertiary/aromatic N) is 1. The second-order valence-corrected chi connectivity index (χ2v) is 7.26. The molecule has 5 heteroatoms. The van der Waals surface area contributed by atoms with Crippen LogP contribution in [-0.4, -0.2) is 28.6 Å². The van der Waals surface area contributed by atoms with Gasteiger partial charge in [-0.1, -0.05) is 30.3 Å². The summed E-state index contributed by atoms with van der Waals surface area (Å²) in [6.07, 6.45) is 6.08. The molecular formula is C20H24N2O3. The van der Waals surface area contributed by atoms with E-state index in [0.717, 1.165) is 17.7 Å². The number of rotatable bonds is 6. The molecular weight excluding hydrogens is 316 g/mol. The monoisotopic (exact) mass is 340 g/mol. The first-order valence-corrected chi connectivity index (χ1v) is 9.15. The van der Waals surface area contributed by atoms with E-state index in [0.29, 0.717) is 30.6 Å². The molecule has 1 amide bonds. The molecule has 0 saturated heterocycles. The fourth-order valence-electron chi connectivity index (χ4n) is 4.54. The first-order chi connectivity index (χ1) is 12.2. The highest BCUT2D eigenvalue weighted by Crippen LogP contribution is 2.48. The minimum Gasteiger partial charge on any atom is -0.441 e. The van der Waals surface area contributed by atoms with E-state index in [1.165, 1.54) is 12.8 Å². The summed E-state index contributed by atoms with van der Waals surface area (Å²) in [4.78, 5) is 16.6. The summed E-state index contributed by atoms with van der Waals surface area (Å²) in [5, 5.41) is 12.8. The van der Waals surface area contributed by atoms with Crippen LogP contribution in [-0.2, 0) is 11.2 Å². The number of benzene rings is 1. The van der Waals surface area contributed by atoms with Gasteiger partial charge in [-0.3, -0.25) is 4.79 Å². The molecule has 5 nitrogen and oxygen atoms in total. The fraction of sp³-hybridized carbons (Fsp3) is 0.500. The van der Waals surface area contributed by atoms with Gasteiger partial charge in [-0.15, -0.1) is 0 Å². The first kappa shape index (κ1) is 16.3. The SMILES string of the molecule is O=C(CCc1ncc(-c2ccccc2)o1)NC1C2CCC(C2)C1CO. The Labute approximate surface area is 147 Å². The molecule has 1 aromatic heterocycles. The second kappa shape index (κ2) is 7.00. The zero-order valence-corrected chi connectivity index (χ0v) is 14.2. The zero-order chi connectivity index (χ0) is 17.2. The van der Waals surface area contributed by atoms with Gasteiger partial charge < -0.3 is 14.8 Å². The van der Waals surface area contributed by atoms with E-state index in [2.05, 4.69) is 10.3 Å². The topological polar surface area (TPSA) is 75.4 Å². The number of carbonyl (C=O) groups excluding carboxylic acids is 1. The van der Waals surface area contributed by atoms with Crippen LogP contribution in [0.3, 0.4) is 0 Å². The first-order valence-electron chi connectivity index (χ1n) is 9.15. The van der Waals surface area contributed by atoms with Gasteiger partial charge in [0.2, 0.25) is 5.91 Å². The van der Waals surface area contributed by atoms with E-state index in [-0.39, 0.29) is 24.5 Å². The molecule has 0 radical (unpaired) electrons. The number of carbonyl (C=O) groups is 1. The quantitative estimate of drug-likeness (QED) is 0.848. The Hall–Kier alpha value is -2.14. The average Bonchev–Trinajstić information content (AvgIpc) is 3.37. The van der Waals surface area contributed by atoms with Gasteiger partial charge in [0.1, 0.15) is 0 Å². The third-order valence-corrected chi connectivity index (χ3v) is 5.80. The smallest absolute Gasteiger partial charge is 0.220 e. The number of aliphatic hydroxyl groups excluding tert-OH is 1. The summed E-state index contributed by atoms with van der Waals surface area (Å²) in [7, 11) is 0. The highest BCUT2D eigenvalue weighted by atomic mass is 16.4. The number of oxazole rings is 1. The Kier molecular flexibility index (Phi) is 4.57. The molecule has 1 heterocycles. The van der Waals surface area contributed by atoms with Gasteiger partial charge in [-0.25, -0.2) is 4.98 Å². The molecule has 2 fully saturated rings. The molecule has 2 aromatic rings. The lowest BCUT2D eigenvalue weighted by atomic mass is 9.85. The number of aromatic nitrogens is 1. The maximum atomic E-state index is 12.3. The van der Waals surface area contributed by atoms with Crippen molar-refractivity contribution in [3.63, 3.8) is 0 Å². The van der Waals surface area contributed by atoms with Crippen molar-refractivity contribution in [1.29, 1.82) is 0 Å². The minimum atomic E-state index is 0.0236. The number of amides is 1. The van der Waals surface area contributed by atoms with Crippen LogP contribution >= 0.6 is 0 Å². The van der Waals surface area contributed by atoms with Crippen molar-refractivity contribution >= 4 is 5.91 Å². The van der Waals surface area contributed by atoms with Crippen molar-refractivity contribution in [3.05, 3.63) is 42.4 Å². The lowest BCUT2D eigenvalue weighted by molar-refractivity contribution is -0.122. The molecule has 1 aromatic carbocycles. The van der Waals surface area contributed by atoms with E-state index in [1.54, 1.807) is 6.20 Å². The molecule has 4 rings (SSSR count). The van der Waals surface area contributed by atoms with Crippen LogP contribution in [0, 0.1) is 17.8 Å². The number of hydrogen-bond donors (Lipinski definition) is 2. The Morgan fingerprint density at radius 3 is 2.84 bits per heavy atom. The van der Waals surface area contributed by atoms with Crippen molar-refractivity contribution in [2.75, 3.05) is 6.61 Å². The highest BCUT2D eigenvalue weighted by molar-refractivity contribution is 5.76. The van der Waals surface area contributed by atoms with Crippen LogP contribution in [0.4, 0.5) is 0 Å². The lowest BCUT2D eigenvalue weighted by Gasteiger charge is -2.30. The molecule has 2 aliphatic carbocycles. The Morgan fingerprint density at radius 2 is 2.04 bits per heavy atom. The third kappa shape index (κ3) is 3.33. The van der Waals surface area contributed by atoms with Crippen LogP contribution in [0.25, 0.3) is 11.3 Å². The molecule has 4 unspecified atom stereocenters.